The largest absolute Gasteiger partial charge is 0.348 e. The molecule has 0 radical (unpaired) electrons. The number of hydrogen-bond acceptors (Lipinski definition) is 4. The van der Waals surface area contributed by atoms with Gasteiger partial charge in [-0.3, -0.25) is 14.5 Å². The Bertz CT molecular complexity index is 930. The van der Waals surface area contributed by atoms with Crippen molar-refractivity contribution < 1.29 is 14.4 Å². The highest BCUT2D eigenvalue weighted by atomic mass is 32.1. The second kappa shape index (κ2) is 8.14. The van der Waals surface area contributed by atoms with E-state index in [1.54, 1.807) is 18.3 Å². The van der Waals surface area contributed by atoms with Crippen LogP contribution in [0, 0.1) is 19.8 Å². The summed E-state index contributed by atoms with van der Waals surface area (Å²) < 4.78 is 2.13. The number of carbonyl (C=O) groups excluding carboxylic acids is 3. The first-order valence-corrected chi connectivity index (χ1v) is 10.9. The summed E-state index contributed by atoms with van der Waals surface area (Å²) in [5, 5.41) is 4.83. The zero-order valence-electron chi connectivity index (χ0n) is 17.7. The van der Waals surface area contributed by atoms with Gasteiger partial charge in [-0.25, -0.2) is 4.79 Å². The first kappa shape index (κ1) is 21.3. The van der Waals surface area contributed by atoms with Gasteiger partial charge in [-0.1, -0.05) is 19.9 Å². The molecule has 0 aromatic carbocycles. The van der Waals surface area contributed by atoms with E-state index < -0.39 is 11.6 Å². The summed E-state index contributed by atoms with van der Waals surface area (Å²) in [6, 6.07) is 5.52. The van der Waals surface area contributed by atoms with Crippen molar-refractivity contribution in [1.82, 2.24) is 14.8 Å². The quantitative estimate of drug-likeness (QED) is 0.524. The highest BCUT2D eigenvalue weighted by Gasteiger charge is 2.48. The summed E-state index contributed by atoms with van der Waals surface area (Å²) >= 11 is 1.72. The molecule has 29 heavy (non-hydrogen) atoms. The number of amides is 3. The number of aromatic nitrogens is 1. The van der Waals surface area contributed by atoms with Crippen molar-refractivity contribution in [2.24, 2.45) is 5.92 Å². The average molecular weight is 416 g/mol. The number of thiophene rings is 1. The normalized spacial score (nSPS) is 19.3. The molecule has 1 N–H and O–H groups in total. The second-order valence-corrected chi connectivity index (χ2v) is 9.47. The summed E-state index contributed by atoms with van der Waals surface area (Å²) in [4.78, 5) is 40.5. The molecule has 156 valence electrons. The molecule has 0 aliphatic carbocycles. The molecule has 0 bridgehead atoms. The lowest BCUT2D eigenvalue weighted by atomic mass is 9.91. The summed E-state index contributed by atoms with van der Waals surface area (Å²) in [5.41, 5.74) is 1.51. The fourth-order valence-corrected chi connectivity index (χ4v) is 4.88. The molecule has 1 aliphatic heterocycles. The van der Waals surface area contributed by atoms with E-state index in [1.165, 1.54) is 4.88 Å². The van der Waals surface area contributed by atoms with Crippen LogP contribution >= 0.6 is 11.3 Å². The topological polar surface area (TPSA) is 71.4 Å². The molecular weight excluding hydrogens is 386 g/mol. The van der Waals surface area contributed by atoms with Gasteiger partial charge >= 0.3 is 6.03 Å². The summed E-state index contributed by atoms with van der Waals surface area (Å²) in [7, 11) is 0. The van der Waals surface area contributed by atoms with Crippen LogP contribution in [0.2, 0.25) is 0 Å². The predicted molar refractivity (Wildman–Crippen MR) is 114 cm³/mol. The highest BCUT2D eigenvalue weighted by molar-refractivity contribution is 7.09. The van der Waals surface area contributed by atoms with Gasteiger partial charge in [0.2, 0.25) is 0 Å². The number of imide groups is 1. The number of nitrogens with one attached hydrogen (secondary N) is 1. The molecule has 0 saturated carbocycles. The van der Waals surface area contributed by atoms with Gasteiger partial charge in [0.05, 0.1) is 6.54 Å². The van der Waals surface area contributed by atoms with Crippen LogP contribution in [0.5, 0.6) is 0 Å². The molecule has 2 aromatic heterocycles. The van der Waals surface area contributed by atoms with Gasteiger partial charge in [0.1, 0.15) is 5.54 Å². The molecule has 0 spiro atoms. The van der Waals surface area contributed by atoms with E-state index in [1.807, 2.05) is 39.8 Å². The Kier molecular flexibility index (Phi) is 5.98. The Labute approximate surface area is 175 Å². The maximum absolute atomic E-state index is 13.0. The predicted octanol–water partition coefficient (Wildman–Crippen LogP) is 3.95. The lowest BCUT2D eigenvalue weighted by molar-refractivity contribution is -0.131. The van der Waals surface area contributed by atoms with Crippen LogP contribution in [0.4, 0.5) is 4.79 Å². The van der Waals surface area contributed by atoms with Gasteiger partial charge in [-0.05, 0) is 57.0 Å². The Balaban J connectivity index is 1.73. The van der Waals surface area contributed by atoms with Crippen LogP contribution in [-0.4, -0.2) is 39.3 Å². The number of ketones is 1. The zero-order valence-corrected chi connectivity index (χ0v) is 18.6. The van der Waals surface area contributed by atoms with Crippen LogP contribution in [0.25, 0.3) is 0 Å². The van der Waals surface area contributed by atoms with E-state index in [4.69, 9.17) is 0 Å². The minimum absolute atomic E-state index is 0.210. The smallest absolute Gasteiger partial charge is 0.325 e. The van der Waals surface area contributed by atoms with E-state index in [0.717, 1.165) is 29.3 Å². The molecule has 1 aliphatic rings. The monoisotopic (exact) mass is 415 g/mol. The summed E-state index contributed by atoms with van der Waals surface area (Å²) in [6.45, 7) is 10.2. The van der Waals surface area contributed by atoms with Crippen molar-refractivity contribution in [3.05, 3.63) is 45.4 Å². The molecule has 7 heteroatoms. The van der Waals surface area contributed by atoms with Crippen LogP contribution in [-0.2, 0) is 17.8 Å². The Morgan fingerprint density at radius 1 is 1.28 bits per heavy atom. The van der Waals surface area contributed by atoms with Crippen molar-refractivity contribution in [2.45, 2.75) is 59.5 Å². The maximum atomic E-state index is 13.0. The number of hydrogen-bond donors (Lipinski definition) is 1. The van der Waals surface area contributed by atoms with Gasteiger partial charge in [0.15, 0.2) is 5.78 Å². The van der Waals surface area contributed by atoms with Crippen LogP contribution in [0.3, 0.4) is 0 Å². The third kappa shape index (κ3) is 4.29. The van der Waals surface area contributed by atoms with E-state index in [0.29, 0.717) is 12.0 Å². The zero-order chi connectivity index (χ0) is 21.3. The van der Waals surface area contributed by atoms with Gasteiger partial charge in [-0.2, -0.15) is 0 Å². The van der Waals surface area contributed by atoms with Crippen molar-refractivity contribution >= 4 is 29.1 Å². The van der Waals surface area contributed by atoms with Crippen molar-refractivity contribution in [3.8, 4) is 0 Å². The SMILES string of the molecule is Cc1cc(C(=O)CN2C(=O)NC(C)(CC(C)C)C2=O)c(C)n1CCc1cccs1. The summed E-state index contributed by atoms with van der Waals surface area (Å²) in [5.74, 6) is -0.281. The van der Waals surface area contributed by atoms with Gasteiger partial charge in [0.25, 0.3) is 5.91 Å². The Morgan fingerprint density at radius 2 is 2.00 bits per heavy atom. The van der Waals surface area contributed by atoms with E-state index >= 15 is 0 Å². The molecule has 2 aromatic rings. The lowest BCUT2D eigenvalue weighted by Crippen LogP contribution is -2.45. The maximum Gasteiger partial charge on any atom is 0.325 e. The first-order valence-electron chi connectivity index (χ1n) is 9.99. The molecule has 3 amide bonds. The number of Topliss-reactive ketones (excluding diaryl/α,β-unsaturated/α-hetero) is 1. The number of carbonyl (C=O) groups is 3. The fourth-order valence-electron chi connectivity index (χ4n) is 4.18. The van der Waals surface area contributed by atoms with Crippen molar-refractivity contribution in [3.63, 3.8) is 0 Å². The van der Waals surface area contributed by atoms with E-state index in [2.05, 4.69) is 21.3 Å². The van der Waals surface area contributed by atoms with E-state index in [9.17, 15) is 14.4 Å². The molecule has 3 rings (SSSR count). The molecule has 6 nitrogen and oxygen atoms in total. The second-order valence-electron chi connectivity index (χ2n) is 8.44. The first-order chi connectivity index (χ1) is 13.6. The molecular formula is C22H29N3O3S. The van der Waals surface area contributed by atoms with Crippen LogP contribution in [0.1, 0.15) is 53.8 Å². The Hall–Kier alpha value is -2.41. The van der Waals surface area contributed by atoms with Crippen molar-refractivity contribution in [1.29, 1.82) is 0 Å². The highest BCUT2D eigenvalue weighted by Crippen LogP contribution is 2.26. The fraction of sp³-hybridized carbons (Fsp3) is 0.500. The molecule has 1 fully saturated rings. The van der Waals surface area contributed by atoms with Crippen LogP contribution in [0.15, 0.2) is 23.6 Å². The molecule has 3 heterocycles. The standard InChI is InChI=1S/C22H29N3O3S/c1-14(2)12-22(5)20(27)25(21(28)23-22)13-19(26)18-11-15(3)24(16(18)4)9-8-17-7-6-10-29-17/h6-7,10-11,14H,8-9,12-13H2,1-5H3,(H,23,28). The third-order valence-electron chi connectivity index (χ3n) is 5.50. The number of urea groups is 1. The number of rotatable bonds is 8. The van der Waals surface area contributed by atoms with Crippen LogP contribution < -0.4 is 5.32 Å². The van der Waals surface area contributed by atoms with Gasteiger partial charge < -0.3 is 9.88 Å². The molecule has 1 unspecified atom stereocenters. The van der Waals surface area contributed by atoms with Gasteiger partial charge in [-0.15, -0.1) is 11.3 Å². The summed E-state index contributed by atoms with van der Waals surface area (Å²) in [6.07, 6.45) is 1.45. The molecule has 1 saturated heterocycles. The van der Waals surface area contributed by atoms with Gasteiger partial charge in [0, 0.05) is 28.4 Å². The Morgan fingerprint density at radius 3 is 2.62 bits per heavy atom. The van der Waals surface area contributed by atoms with E-state index in [-0.39, 0.29) is 24.2 Å². The minimum atomic E-state index is -0.941. The average Bonchev–Trinajstić information content (AvgIpc) is 3.29. The number of aryl methyl sites for hydroxylation is 2. The third-order valence-corrected chi connectivity index (χ3v) is 6.44. The van der Waals surface area contributed by atoms with Crippen molar-refractivity contribution in [2.75, 3.05) is 6.54 Å². The molecule has 1 atom stereocenters. The lowest BCUT2D eigenvalue weighted by Gasteiger charge is -2.23. The minimum Gasteiger partial charge on any atom is -0.348 e. The number of nitrogens with zero attached hydrogens (tertiary/aromatic N) is 2.